The number of rotatable bonds is 4. The van der Waals surface area contributed by atoms with Crippen LogP contribution in [0.3, 0.4) is 0 Å². The van der Waals surface area contributed by atoms with Gasteiger partial charge < -0.3 is 24.1 Å². The van der Waals surface area contributed by atoms with Crippen LogP contribution >= 0.6 is 0 Å². The maximum Gasteiger partial charge on any atom is 0.190 e. The maximum atomic E-state index is 9.21. The standard InChI is InChI=1S/C10H17N3O5/c1-10(2)17-8-7(15-3)6(16-9(8)18-10)5(4-14)12-13-11/h5-9,14H,4H2,1-3H3/t5-,6-,7-,8-,9-/m1/s1. The van der Waals surface area contributed by atoms with E-state index in [0.717, 1.165) is 0 Å². The Balaban J connectivity index is 2.15. The molecule has 2 rings (SSSR count). The van der Waals surface area contributed by atoms with Crippen LogP contribution in [0.2, 0.25) is 0 Å². The summed E-state index contributed by atoms with van der Waals surface area (Å²) in [5.41, 5.74) is 8.46. The molecule has 0 aromatic heterocycles. The minimum atomic E-state index is -0.732. The summed E-state index contributed by atoms with van der Waals surface area (Å²) in [5, 5.41) is 12.7. The van der Waals surface area contributed by atoms with Crippen LogP contribution in [0.15, 0.2) is 5.11 Å². The molecule has 0 aliphatic carbocycles. The minimum Gasteiger partial charge on any atom is -0.396 e. The summed E-state index contributed by atoms with van der Waals surface area (Å²) in [7, 11) is 1.52. The van der Waals surface area contributed by atoms with Gasteiger partial charge in [-0.25, -0.2) is 0 Å². The number of hydrogen-bond donors (Lipinski definition) is 1. The van der Waals surface area contributed by atoms with Crippen molar-refractivity contribution in [2.75, 3.05) is 13.7 Å². The molecule has 18 heavy (non-hydrogen) atoms. The van der Waals surface area contributed by atoms with Crippen LogP contribution < -0.4 is 0 Å². The average molecular weight is 259 g/mol. The van der Waals surface area contributed by atoms with E-state index in [1.54, 1.807) is 13.8 Å². The second-order valence-corrected chi connectivity index (χ2v) is 4.72. The Morgan fingerprint density at radius 2 is 2.22 bits per heavy atom. The molecule has 2 fully saturated rings. The molecule has 8 heteroatoms. The minimum absolute atomic E-state index is 0.322. The van der Waals surface area contributed by atoms with Crippen molar-refractivity contribution in [3.63, 3.8) is 0 Å². The predicted molar refractivity (Wildman–Crippen MR) is 59.5 cm³/mol. The SMILES string of the molecule is CO[C@H]1[C@H]2OC(C)(C)O[C@H]2O[C@@H]1[C@@H](CO)N=[N+]=[N-]. The highest BCUT2D eigenvalue weighted by Gasteiger charge is 2.56. The second-order valence-electron chi connectivity index (χ2n) is 4.72. The van der Waals surface area contributed by atoms with Crippen LogP contribution in [-0.2, 0) is 18.9 Å². The monoisotopic (exact) mass is 259 g/mol. The Morgan fingerprint density at radius 3 is 2.78 bits per heavy atom. The van der Waals surface area contributed by atoms with Crippen molar-refractivity contribution in [2.45, 2.75) is 50.3 Å². The lowest BCUT2D eigenvalue weighted by molar-refractivity contribution is -0.219. The van der Waals surface area contributed by atoms with Gasteiger partial charge in [0.1, 0.15) is 18.3 Å². The van der Waals surface area contributed by atoms with E-state index in [1.165, 1.54) is 7.11 Å². The molecule has 1 N–H and O–H groups in total. The molecule has 2 saturated heterocycles. The van der Waals surface area contributed by atoms with E-state index in [4.69, 9.17) is 24.5 Å². The first kappa shape index (κ1) is 13.5. The van der Waals surface area contributed by atoms with Gasteiger partial charge in [0, 0.05) is 12.0 Å². The van der Waals surface area contributed by atoms with Crippen LogP contribution in [0.1, 0.15) is 13.8 Å². The first-order valence-electron chi connectivity index (χ1n) is 5.71. The van der Waals surface area contributed by atoms with Crippen LogP contribution in [0.4, 0.5) is 0 Å². The van der Waals surface area contributed by atoms with Crippen molar-refractivity contribution >= 4 is 0 Å². The third-order valence-corrected chi connectivity index (χ3v) is 3.07. The van der Waals surface area contributed by atoms with Crippen molar-refractivity contribution in [3.8, 4) is 0 Å². The summed E-state index contributed by atoms with van der Waals surface area (Å²) in [6, 6.07) is -0.721. The third kappa shape index (κ3) is 2.31. The molecule has 2 heterocycles. The number of aliphatic hydroxyl groups excluding tert-OH is 1. The Hall–Kier alpha value is -0.890. The van der Waals surface area contributed by atoms with Crippen LogP contribution in [-0.4, -0.2) is 55.3 Å². The fourth-order valence-corrected chi connectivity index (χ4v) is 2.35. The van der Waals surface area contributed by atoms with E-state index < -0.39 is 36.4 Å². The highest BCUT2D eigenvalue weighted by atomic mass is 16.8. The lowest BCUT2D eigenvalue weighted by atomic mass is 10.0. The number of nitrogens with zero attached hydrogens (tertiary/aromatic N) is 3. The second kappa shape index (κ2) is 5.00. The molecule has 0 spiro atoms. The Labute approximate surface area is 104 Å². The number of aliphatic hydroxyl groups is 1. The molecule has 0 aromatic rings. The van der Waals surface area contributed by atoms with Crippen molar-refractivity contribution in [2.24, 2.45) is 5.11 Å². The van der Waals surface area contributed by atoms with Gasteiger partial charge in [0.05, 0.1) is 12.6 Å². The van der Waals surface area contributed by atoms with E-state index in [1.807, 2.05) is 0 Å². The molecule has 2 aliphatic rings. The molecule has 0 aromatic carbocycles. The molecule has 0 amide bonds. The van der Waals surface area contributed by atoms with E-state index in [0.29, 0.717) is 0 Å². The van der Waals surface area contributed by atoms with Crippen LogP contribution in [0.25, 0.3) is 10.4 Å². The summed E-state index contributed by atoms with van der Waals surface area (Å²) < 4.78 is 22.2. The molecule has 2 aliphatic heterocycles. The summed E-state index contributed by atoms with van der Waals surface area (Å²) >= 11 is 0. The van der Waals surface area contributed by atoms with Gasteiger partial charge in [0.15, 0.2) is 12.1 Å². The fraction of sp³-hybridized carbons (Fsp3) is 1.00. The van der Waals surface area contributed by atoms with Gasteiger partial charge >= 0.3 is 0 Å². The molecular weight excluding hydrogens is 242 g/mol. The van der Waals surface area contributed by atoms with Gasteiger partial charge in [-0.3, -0.25) is 0 Å². The quantitative estimate of drug-likeness (QED) is 0.450. The molecule has 0 radical (unpaired) electrons. The van der Waals surface area contributed by atoms with Gasteiger partial charge in [-0.2, -0.15) is 0 Å². The van der Waals surface area contributed by atoms with Gasteiger partial charge in [-0.05, 0) is 19.4 Å². The number of methoxy groups -OCH3 is 1. The van der Waals surface area contributed by atoms with Gasteiger partial charge in [0.2, 0.25) is 0 Å². The van der Waals surface area contributed by atoms with Crippen molar-refractivity contribution in [1.82, 2.24) is 0 Å². The average Bonchev–Trinajstić information content (AvgIpc) is 2.77. The van der Waals surface area contributed by atoms with Crippen molar-refractivity contribution in [1.29, 1.82) is 0 Å². The molecule has 8 nitrogen and oxygen atoms in total. The first-order valence-corrected chi connectivity index (χ1v) is 5.71. The lowest BCUT2D eigenvalue weighted by Crippen LogP contribution is -2.42. The third-order valence-electron chi connectivity index (χ3n) is 3.07. The Bertz CT molecular complexity index is 357. The van der Waals surface area contributed by atoms with E-state index in [2.05, 4.69) is 10.0 Å². The maximum absolute atomic E-state index is 9.21. The highest BCUT2D eigenvalue weighted by Crippen LogP contribution is 2.39. The Kier molecular flexibility index (Phi) is 3.76. The molecular formula is C10H17N3O5. The van der Waals surface area contributed by atoms with Gasteiger partial charge in [-0.15, -0.1) is 0 Å². The largest absolute Gasteiger partial charge is 0.396 e. The van der Waals surface area contributed by atoms with E-state index in [-0.39, 0.29) is 6.61 Å². The fourth-order valence-electron chi connectivity index (χ4n) is 2.35. The summed E-state index contributed by atoms with van der Waals surface area (Å²) in [5.74, 6) is -0.732. The van der Waals surface area contributed by atoms with Crippen LogP contribution in [0.5, 0.6) is 0 Å². The zero-order valence-electron chi connectivity index (χ0n) is 10.5. The van der Waals surface area contributed by atoms with Crippen molar-refractivity contribution in [3.05, 3.63) is 10.4 Å². The van der Waals surface area contributed by atoms with Gasteiger partial charge in [-0.1, -0.05) is 5.11 Å². The molecule has 0 saturated carbocycles. The Morgan fingerprint density at radius 1 is 1.50 bits per heavy atom. The van der Waals surface area contributed by atoms with Gasteiger partial charge in [0.25, 0.3) is 0 Å². The van der Waals surface area contributed by atoms with Crippen LogP contribution in [0, 0.1) is 0 Å². The van der Waals surface area contributed by atoms with E-state index in [9.17, 15) is 5.11 Å². The molecule has 102 valence electrons. The summed E-state index contributed by atoms with van der Waals surface area (Å²) in [6.45, 7) is 3.25. The lowest BCUT2D eigenvalue weighted by Gasteiger charge is -2.27. The van der Waals surface area contributed by atoms with E-state index >= 15 is 0 Å². The number of ether oxygens (including phenoxy) is 4. The first-order chi connectivity index (χ1) is 8.52. The molecule has 0 bridgehead atoms. The molecule has 5 atom stereocenters. The number of azide groups is 1. The summed E-state index contributed by atoms with van der Waals surface area (Å²) in [4.78, 5) is 2.69. The smallest absolute Gasteiger partial charge is 0.190 e. The predicted octanol–water partition coefficient (Wildman–Crippen LogP) is 0.549. The molecule has 0 unspecified atom stereocenters. The number of fused-ring (bicyclic) bond motifs is 1. The van der Waals surface area contributed by atoms with Crippen molar-refractivity contribution < 1.29 is 24.1 Å². The normalized spacial score (nSPS) is 39.1. The zero-order chi connectivity index (χ0) is 13.3. The topological polar surface area (TPSA) is 106 Å². The highest BCUT2D eigenvalue weighted by molar-refractivity contribution is 4.98. The number of hydrogen-bond acceptors (Lipinski definition) is 6. The summed E-state index contributed by atoms with van der Waals surface area (Å²) in [6.07, 6.45) is -1.99. The zero-order valence-corrected chi connectivity index (χ0v) is 10.5.